The van der Waals surface area contributed by atoms with Crippen molar-refractivity contribution in [3.05, 3.63) is 0 Å². The van der Waals surface area contributed by atoms with E-state index in [1.165, 1.54) is 4.90 Å². The minimum Gasteiger partial charge on any atom is -0.361 e. The molecule has 1 atom stereocenters. The molecule has 4 heteroatoms. The Hall–Kier alpha value is -0.610. The van der Waals surface area contributed by atoms with Crippen molar-refractivity contribution in [3.8, 4) is 0 Å². The highest BCUT2D eigenvalue weighted by Crippen LogP contribution is 2.00. The molecule has 1 aliphatic rings. The average Bonchev–Trinajstić information content (AvgIpc) is 1.83. The Kier molecular flexibility index (Phi) is 1.68. The van der Waals surface area contributed by atoms with Crippen LogP contribution in [-0.4, -0.2) is 42.4 Å². The van der Waals surface area contributed by atoms with Gasteiger partial charge in [-0.05, 0) is 0 Å². The van der Waals surface area contributed by atoms with Gasteiger partial charge in [-0.15, -0.1) is 0 Å². The number of hydrogen-bond donors (Lipinski definition) is 1. The number of nitrogens with zero attached hydrogens (tertiary/aromatic N) is 1. The molecule has 1 aliphatic heterocycles. The van der Waals surface area contributed by atoms with Crippen LogP contribution in [-0.2, 0) is 9.53 Å². The third-order valence-corrected chi connectivity index (χ3v) is 1.29. The molecule has 0 saturated carbocycles. The highest BCUT2D eigenvalue weighted by atomic mass is 16.6. The molecule has 1 fully saturated rings. The van der Waals surface area contributed by atoms with E-state index in [0.29, 0.717) is 13.2 Å². The second-order valence-corrected chi connectivity index (χ2v) is 1.98. The molecule has 0 aliphatic carbocycles. The number of rotatable bonds is 0. The summed E-state index contributed by atoms with van der Waals surface area (Å²) in [6, 6.07) is 0. The number of amides is 1. The number of ether oxygens (including phenoxy) is 1. The van der Waals surface area contributed by atoms with Crippen LogP contribution in [0, 0.1) is 0 Å². The predicted molar refractivity (Wildman–Crippen MR) is 29.6 cm³/mol. The van der Waals surface area contributed by atoms with Crippen LogP contribution in [0.3, 0.4) is 0 Å². The predicted octanol–water partition coefficient (Wildman–Crippen LogP) is -1.21. The minimum absolute atomic E-state index is 0.360. The first-order chi connectivity index (χ1) is 4.22. The van der Waals surface area contributed by atoms with Crippen molar-refractivity contribution in [2.45, 2.75) is 6.29 Å². The Balaban J connectivity index is 2.52. The average molecular weight is 131 g/mol. The number of morpholine rings is 1. The van der Waals surface area contributed by atoms with E-state index in [4.69, 9.17) is 5.11 Å². The number of hydrogen-bond acceptors (Lipinski definition) is 3. The molecule has 0 spiro atoms. The van der Waals surface area contributed by atoms with E-state index in [0.717, 1.165) is 0 Å². The number of carbonyl (C=O) groups excluding carboxylic acids is 1. The van der Waals surface area contributed by atoms with Crippen LogP contribution in [0.4, 0.5) is 0 Å². The monoisotopic (exact) mass is 131 g/mol. The summed E-state index contributed by atoms with van der Waals surface area (Å²) >= 11 is 0. The van der Waals surface area contributed by atoms with E-state index >= 15 is 0 Å². The summed E-state index contributed by atoms with van der Waals surface area (Å²) in [4.78, 5) is 12.1. The van der Waals surface area contributed by atoms with Crippen molar-refractivity contribution < 1.29 is 14.6 Å². The van der Waals surface area contributed by atoms with Crippen molar-refractivity contribution in [1.29, 1.82) is 0 Å². The van der Waals surface area contributed by atoms with Crippen LogP contribution in [0.2, 0.25) is 0 Å². The fraction of sp³-hybridized carbons (Fsp3) is 0.800. The van der Waals surface area contributed by atoms with E-state index in [1.807, 2.05) is 0 Å². The highest BCUT2D eigenvalue weighted by Gasteiger charge is 2.24. The van der Waals surface area contributed by atoms with E-state index in [9.17, 15) is 4.79 Å². The Morgan fingerprint density at radius 3 is 3.00 bits per heavy atom. The topological polar surface area (TPSA) is 49.8 Å². The van der Waals surface area contributed by atoms with Gasteiger partial charge in [-0.3, -0.25) is 4.79 Å². The van der Waals surface area contributed by atoms with Crippen molar-refractivity contribution in [3.63, 3.8) is 0 Å². The molecule has 0 radical (unpaired) electrons. The normalized spacial score (nSPS) is 28.9. The lowest BCUT2D eigenvalue weighted by molar-refractivity contribution is -0.181. The fourth-order valence-electron chi connectivity index (χ4n) is 0.671. The Bertz CT molecular complexity index is 113. The van der Waals surface area contributed by atoms with E-state index < -0.39 is 6.29 Å². The van der Waals surface area contributed by atoms with E-state index in [1.54, 1.807) is 7.05 Å². The van der Waals surface area contributed by atoms with Gasteiger partial charge in [0.1, 0.15) is 0 Å². The Labute approximate surface area is 53.0 Å². The molecule has 1 heterocycles. The third kappa shape index (κ3) is 1.20. The summed E-state index contributed by atoms with van der Waals surface area (Å²) in [6.07, 6.45) is -1.23. The van der Waals surface area contributed by atoms with Crippen LogP contribution < -0.4 is 0 Å². The first kappa shape index (κ1) is 6.51. The SMILES string of the molecule is CN1CCOC(O)C1=O. The van der Waals surface area contributed by atoms with Crippen molar-refractivity contribution in [2.75, 3.05) is 20.2 Å². The maximum Gasteiger partial charge on any atom is 0.279 e. The molecule has 0 aromatic rings. The fourth-order valence-corrected chi connectivity index (χ4v) is 0.671. The molecule has 0 bridgehead atoms. The van der Waals surface area contributed by atoms with Gasteiger partial charge in [0.2, 0.25) is 6.29 Å². The second-order valence-electron chi connectivity index (χ2n) is 1.98. The summed E-state index contributed by atoms with van der Waals surface area (Å²) in [7, 11) is 1.63. The second kappa shape index (κ2) is 2.33. The summed E-state index contributed by atoms with van der Waals surface area (Å²) in [5.41, 5.74) is 0. The van der Waals surface area contributed by atoms with Gasteiger partial charge in [-0.1, -0.05) is 0 Å². The zero-order valence-electron chi connectivity index (χ0n) is 5.20. The van der Waals surface area contributed by atoms with Crippen molar-refractivity contribution >= 4 is 5.91 Å². The van der Waals surface area contributed by atoms with Crippen LogP contribution in [0.15, 0.2) is 0 Å². The maximum atomic E-state index is 10.7. The Morgan fingerprint density at radius 2 is 2.56 bits per heavy atom. The van der Waals surface area contributed by atoms with Crippen molar-refractivity contribution in [1.82, 2.24) is 4.90 Å². The molecule has 1 amide bonds. The van der Waals surface area contributed by atoms with E-state index in [2.05, 4.69) is 4.74 Å². The van der Waals surface area contributed by atoms with Gasteiger partial charge in [0.15, 0.2) is 0 Å². The van der Waals surface area contributed by atoms with Crippen molar-refractivity contribution in [2.24, 2.45) is 0 Å². The van der Waals surface area contributed by atoms with Gasteiger partial charge < -0.3 is 14.7 Å². The standard InChI is InChI=1S/C5H9NO3/c1-6-2-3-9-5(8)4(6)7/h5,8H,2-3H2,1H3. The highest BCUT2D eigenvalue weighted by molar-refractivity contribution is 5.79. The number of carbonyl (C=O) groups is 1. The first-order valence-electron chi connectivity index (χ1n) is 2.76. The molecule has 0 aromatic heterocycles. The van der Waals surface area contributed by atoms with Crippen LogP contribution in [0.5, 0.6) is 0 Å². The summed E-state index contributed by atoms with van der Waals surface area (Å²) in [5, 5.41) is 8.73. The van der Waals surface area contributed by atoms with Crippen LogP contribution >= 0.6 is 0 Å². The van der Waals surface area contributed by atoms with Crippen LogP contribution in [0.25, 0.3) is 0 Å². The molecular formula is C5H9NO3. The zero-order valence-corrected chi connectivity index (χ0v) is 5.20. The lowest BCUT2D eigenvalue weighted by atomic mass is 10.4. The molecule has 52 valence electrons. The van der Waals surface area contributed by atoms with Gasteiger partial charge in [0, 0.05) is 13.6 Å². The minimum atomic E-state index is -1.23. The van der Waals surface area contributed by atoms with Gasteiger partial charge in [0.25, 0.3) is 5.91 Å². The van der Waals surface area contributed by atoms with Gasteiger partial charge >= 0.3 is 0 Å². The summed E-state index contributed by atoms with van der Waals surface area (Å²) in [6.45, 7) is 0.985. The maximum absolute atomic E-state index is 10.7. The van der Waals surface area contributed by atoms with Gasteiger partial charge in [0.05, 0.1) is 6.61 Å². The molecule has 4 nitrogen and oxygen atoms in total. The molecule has 1 unspecified atom stereocenters. The number of likely N-dealkylation sites (N-methyl/N-ethyl adjacent to an activating group) is 1. The van der Waals surface area contributed by atoms with E-state index in [-0.39, 0.29) is 5.91 Å². The third-order valence-electron chi connectivity index (χ3n) is 1.29. The largest absolute Gasteiger partial charge is 0.361 e. The number of aliphatic hydroxyl groups excluding tert-OH is 1. The first-order valence-corrected chi connectivity index (χ1v) is 2.76. The molecule has 0 aromatic carbocycles. The zero-order chi connectivity index (χ0) is 6.85. The number of aliphatic hydroxyl groups is 1. The van der Waals surface area contributed by atoms with Gasteiger partial charge in [-0.2, -0.15) is 0 Å². The molecule has 9 heavy (non-hydrogen) atoms. The lowest BCUT2D eigenvalue weighted by Crippen LogP contribution is -2.45. The Morgan fingerprint density at radius 1 is 1.89 bits per heavy atom. The quantitative estimate of drug-likeness (QED) is 0.449. The molecular weight excluding hydrogens is 122 g/mol. The molecule has 1 saturated heterocycles. The lowest BCUT2D eigenvalue weighted by Gasteiger charge is -2.25. The molecule has 1 rings (SSSR count). The summed E-state index contributed by atoms with van der Waals surface area (Å²) in [5.74, 6) is -0.360. The van der Waals surface area contributed by atoms with Gasteiger partial charge in [-0.25, -0.2) is 0 Å². The summed E-state index contributed by atoms with van der Waals surface area (Å²) < 4.78 is 4.62. The molecule has 1 N–H and O–H groups in total. The van der Waals surface area contributed by atoms with Crippen LogP contribution in [0.1, 0.15) is 0 Å². The smallest absolute Gasteiger partial charge is 0.279 e.